The maximum atomic E-state index is 4.86. The average Bonchev–Trinajstić information content (AvgIpc) is 2.77. The molecule has 2 aliphatic rings. The van der Waals surface area contributed by atoms with E-state index in [4.69, 9.17) is 4.99 Å². The van der Waals surface area contributed by atoms with Crippen molar-refractivity contribution in [3.05, 3.63) is 35.9 Å². The highest BCUT2D eigenvalue weighted by Crippen LogP contribution is 2.17. The Hall–Kier alpha value is -1.59. The first-order valence-corrected chi connectivity index (χ1v) is 12.3. The molecule has 3 rings (SSSR count). The molecule has 0 bridgehead atoms. The van der Waals surface area contributed by atoms with E-state index >= 15 is 0 Å². The molecule has 5 heteroatoms. The lowest BCUT2D eigenvalue weighted by atomic mass is 10.0. The molecule has 0 radical (unpaired) electrons. The van der Waals surface area contributed by atoms with Gasteiger partial charge < -0.3 is 15.5 Å². The van der Waals surface area contributed by atoms with Gasteiger partial charge in [-0.05, 0) is 71.0 Å². The Kier molecular flexibility index (Phi) is 9.97. The van der Waals surface area contributed by atoms with Crippen LogP contribution in [0.3, 0.4) is 0 Å². The maximum Gasteiger partial charge on any atom is 0.191 e. The zero-order chi connectivity index (χ0) is 21.0. The van der Waals surface area contributed by atoms with Crippen molar-refractivity contribution in [3.63, 3.8) is 0 Å². The van der Waals surface area contributed by atoms with Gasteiger partial charge in [-0.2, -0.15) is 0 Å². The van der Waals surface area contributed by atoms with Crippen molar-refractivity contribution in [1.29, 1.82) is 0 Å². The number of piperidine rings is 2. The maximum absolute atomic E-state index is 4.86. The second-order valence-electron chi connectivity index (χ2n) is 9.03. The van der Waals surface area contributed by atoms with Crippen LogP contribution in [0.25, 0.3) is 0 Å². The van der Waals surface area contributed by atoms with Gasteiger partial charge in [0, 0.05) is 44.8 Å². The highest BCUT2D eigenvalue weighted by atomic mass is 15.2. The summed E-state index contributed by atoms with van der Waals surface area (Å²) in [6.45, 7) is 12.3. The minimum absolute atomic E-state index is 0.532. The molecule has 1 aromatic rings. The molecule has 0 amide bonds. The lowest BCUT2D eigenvalue weighted by molar-refractivity contribution is 0.158. The van der Waals surface area contributed by atoms with Crippen LogP contribution in [-0.4, -0.2) is 67.1 Å². The summed E-state index contributed by atoms with van der Waals surface area (Å²) in [5.74, 6) is 1.00. The van der Waals surface area contributed by atoms with Crippen molar-refractivity contribution in [2.24, 2.45) is 4.99 Å². The fraction of sp³-hybridized carbons (Fsp3) is 0.720. The van der Waals surface area contributed by atoms with Crippen LogP contribution in [0.4, 0.5) is 0 Å². The number of likely N-dealkylation sites (tertiary alicyclic amines) is 2. The molecule has 0 saturated carbocycles. The second kappa shape index (κ2) is 13.0. The van der Waals surface area contributed by atoms with Crippen LogP contribution in [0.2, 0.25) is 0 Å². The normalized spacial score (nSPS) is 22.2. The Bertz CT molecular complexity index is 609. The molecule has 2 fully saturated rings. The molecule has 1 atom stereocenters. The zero-order valence-corrected chi connectivity index (χ0v) is 19.3. The summed E-state index contributed by atoms with van der Waals surface area (Å²) in [6, 6.07) is 12.1. The summed E-state index contributed by atoms with van der Waals surface area (Å²) in [5.41, 5.74) is 1.41. The van der Waals surface area contributed by atoms with E-state index in [0.717, 1.165) is 44.7 Å². The molecule has 1 aromatic carbocycles. The number of rotatable bonds is 9. The Morgan fingerprint density at radius 1 is 1.03 bits per heavy atom. The molecule has 5 nitrogen and oxygen atoms in total. The van der Waals surface area contributed by atoms with Gasteiger partial charge in [-0.25, -0.2) is 0 Å². The molecular weight excluding hydrogens is 370 g/mol. The Morgan fingerprint density at radius 2 is 1.83 bits per heavy atom. The Morgan fingerprint density at radius 3 is 2.57 bits per heavy atom. The quantitative estimate of drug-likeness (QED) is 0.366. The third-order valence-electron chi connectivity index (χ3n) is 6.59. The minimum atomic E-state index is 0.532. The molecule has 0 spiro atoms. The molecule has 2 heterocycles. The third kappa shape index (κ3) is 7.92. The first kappa shape index (κ1) is 23.1. The molecular formula is C25H43N5. The van der Waals surface area contributed by atoms with Gasteiger partial charge in [0.15, 0.2) is 5.96 Å². The molecule has 30 heavy (non-hydrogen) atoms. The van der Waals surface area contributed by atoms with E-state index in [-0.39, 0.29) is 0 Å². The van der Waals surface area contributed by atoms with E-state index in [1.54, 1.807) is 0 Å². The highest BCUT2D eigenvalue weighted by Gasteiger charge is 2.20. The second-order valence-corrected chi connectivity index (χ2v) is 9.03. The summed E-state index contributed by atoms with van der Waals surface area (Å²) < 4.78 is 0. The monoisotopic (exact) mass is 413 g/mol. The summed E-state index contributed by atoms with van der Waals surface area (Å²) in [4.78, 5) is 10.1. The van der Waals surface area contributed by atoms with Crippen molar-refractivity contribution < 1.29 is 0 Å². The summed E-state index contributed by atoms with van der Waals surface area (Å²) in [6.07, 6.45) is 8.96. The van der Waals surface area contributed by atoms with Crippen LogP contribution in [0.15, 0.2) is 35.3 Å². The summed E-state index contributed by atoms with van der Waals surface area (Å²) in [7, 11) is 0. The fourth-order valence-electron chi connectivity index (χ4n) is 4.70. The van der Waals surface area contributed by atoms with Gasteiger partial charge in [0.1, 0.15) is 0 Å². The standard InChI is InChI=1S/C25H43N5/c1-3-26-25(27-16-8-10-18-30-17-9-7-11-22(30)2)28-24-14-19-29(20-15-24)21-23-12-5-4-6-13-23/h4-6,12-13,22,24H,3,7-11,14-21H2,1-2H3,(H2,26,27,28). The lowest BCUT2D eigenvalue weighted by Crippen LogP contribution is -2.48. The van der Waals surface area contributed by atoms with Gasteiger partial charge in [0.25, 0.3) is 0 Å². The van der Waals surface area contributed by atoms with Gasteiger partial charge in [-0.15, -0.1) is 0 Å². The molecule has 2 saturated heterocycles. The summed E-state index contributed by atoms with van der Waals surface area (Å²) >= 11 is 0. The number of nitrogens with zero attached hydrogens (tertiary/aromatic N) is 3. The SMILES string of the molecule is CCNC(=NCCCCN1CCCCC1C)NC1CCN(Cc2ccccc2)CC1. The number of unbranched alkanes of at least 4 members (excludes halogenated alkanes) is 1. The molecule has 0 aliphatic carbocycles. The van der Waals surface area contributed by atoms with Gasteiger partial charge in [-0.3, -0.25) is 9.89 Å². The minimum Gasteiger partial charge on any atom is -0.357 e. The topological polar surface area (TPSA) is 42.9 Å². The van der Waals surface area contributed by atoms with Crippen molar-refractivity contribution in [2.45, 2.75) is 77.4 Å². The lowest BCUT2D eigenvalue weighted by Gasteiger charge is -2.33. The highest BCUT2D eigenvalue weighted by molar-refractivity contribution is 5.80. The fourth-order valence-corrected chi connectivity index (χ4v) is 4.70. The zero-order valence-electron chi connectivity index (χ0n) is 19.3. The first-order chi connectivity index (χ1) is 14.7. The van der Waals surface area contributed by atoms with Crippen molar-refractivity contribution in [1.82, 2.24) is 20.4 Å². The van der Waals surface area contributed by atoms with E-state index in [9.17, 15) is 0 Å². The number of hydrogen-bond donors (Lipinski definition) is 2. The van der Waals surface area contributed by atoms with Crippen LogP contribution < -0.4 is 10.6 Å². The van der Waals surface area contributed by atoms with E-state index in [1.807, 2.05) is 0 Å². The smallest absolute Gasteiger partial charge is 0.191 e. The number of guanidine groups is 1. The van der Waals surface area contributed by atoms with Crippen LogP contribution in [0.1, 0.15) is 64.4 Å². The van der Waals surface area contributed by atoms with E-state index in [0.29, 0.717) is 6.04 Å². The summed E-state index contributed by atoms with van der Waals surface area (Å²) in [5, 5.41) is 7.13. The number of hydrogen-bond acceptors (Lipinski definition) is 3. The van der Waals surface area contributed by atoms with Crippen molar-refractivity contribution >= 4 is 5.96 Å². The predicted molar refractivity (Wildman–Crippen MR) is 128 cm³/mol. The third-order valence-corrected chi connectivity index (χ3v) is 6.59. The van der Waals surface area contributed by atoms with E-state index < -0.39 is 0 Å². The average molecular weight is 414 g/mol. The van der Waals surface area contributed by atoms with E-state index in [2.05, 4.69) is 64.6 Å². The van der Waals surface area contributed by atoms with Crippen LogP contribution in [0.5, 0.6) is 0 Å². The van der Waals surface area contributed by atoms with Crippen LogP contribution in [-0.2, 0) is 6.54 Å². The number of aliphatic imine (C=N–C) groups is 1. The largest absolute Gasteiger partial charge is 0.357 e. The first-order valence-electron chi connectivity index (χ1n) is 12.3. The molecule has 168 valence electrons. The molecule has 2 aliphatic heterocycles. The van der Waals surface area contributed by atoms with Gasteiger partial charge in [-0.1, -0.05) is 36.8 Å². The van der Waals surface area contributed by atoms with Crippen molar-refractivity contribution in [2.75, 3.05) is 39.3 Å². The van der Waals surface area contributed by atoms with E-state index in [1.165, 1.54) is 63.6 Å². The van der Waals surface area contributed by atoms with Crippen LogP contribution in [0, 0.1) is 0 Å². The van der Waals surface area contributed by atoms with Gasteiger partial charge in [0.05, 0.1) is 0 Å². The molecule has 1 unspecified atom stereocenters. The Labute approximate surface area is 184 Å². The van der Waals surface area contributed by atoms with Crippen LogP contribution >= 0.6 is 0 Å². The molecule has 2 N–H and O–H groups in total. The van der Waals surface area contributed by atoms with Gasteiger partial charge in [0.2, 0.25) is 0 Å². The number of benzene rings is 1. The predicted octanol–water partition coefficient (Wildman–Crippen LogP) is 3.86. The number of nitrogens with one attached hydrogen (secondary N) is 2. The molecule has 0 aromatic heterocycles. The van der Waals surface area contributed by atoms with Crippen molar-refractivity contribution in [3.8, 4) is 0 Å². The Balaban J connectivity index is 1.34. The van der Waals surface area contributed by atoms with Gasteiger partial charge >= 0.3 is 0 Å².